The van der Waals surface area contributed by atoms with Crippen molar-refractivity contribution in [2.75, 3.05) is 0 Å². The molecule has 0 aliphatic carbocycles. The molecule has 4 nitrogen and oxygen atoms in total. The predicted molar refractivity (Wildman–Crippen MR) is 99.6 cm³/mol. The Labute approximate surface area is 156 Å². The lowest BCUT2D eigenvalue weighted by atomic mass is 9.98. The first-order chi connectivity index (χ1) is 13.0. The van der Waals surface area contributed by atoms with Crippen molar-refractivity contribution in [2.45, 2.75) is 26.2 Å². The third-order valence-corrected chi connectivity index (χ3v) is 4.35. The van der Waals surface area contributed by atoms with Crippen molar-refractivity contribution >= 4 is 5.91 Å². The Hall–Kier alpha value is -3.15. The van der Waals surface area contributed by atoms with Gasteiger partial charge in [0.2, 0.25) is 5.91 Å². The molecule has 2 N–H and O–H groups in total. The van der Waals surface area contributed by atoms with Gasteiger partial charge in [0, 0.05) is 35.3 Å². The summed E-state index contributed by atoms with van der Waals surface area (Å²) in [5.74, 6) is -0.452. The first-order valence-corrected chi connectivity index (χ1v) is 8.58. The maximum absolute atomic E-state index is 12.8. The Morgan fingerprint density at radius 1 is 1.11 bits per heavy atom. The van der Waals surface area contributed by atoms with Gasteiger partial charge in [0.25, 0.3) is 6.43 Å². The summed E-state index contributed by atoms with van der Waals surface area (Å²) in [5.41, 5.74) is 9.96. The van der Waals surface area contributed by atoms with Gasteiger partial charge in [-0.05, 0) is 59.9 Å². The van der Waals surface area contributed by atoms with Crippen molar-refractivity contribution in [1.29, 1.82) is 0 Å². The standard InChI is InChI=1S/C21H19F2N3O/c1-2-15-10-16(3-4-18(15)21(24)27)19-9-13(5-6-26-19)7-14-8-17(20(22)23)12-25-11-14/h3-6,8-12,20H,2,7H2,1H3,(H2,24,27). The quantitative estimate of drug-likeness (QED) is 0.705. The van der Waals surface area contributed by atoms with Crippen molar-refractivity contribution in [2.24, 2.45) is 5.73 Å². The molecule has 0 unspecified atom stereocenters. The summed E-state index contributed by atoms with van der Waals surface area (Å²) in [7, 11) is 0. The highest BCUT2D eigenvalue weighted by Crippen LogP contribution is 2.24. The normalized spacial score (nSPS) is 11.0. The molecule has 3 rings (SSSR count). The van der Waals surface area contributed by atoms with E-state index in [1.54, 1.807) is 18.5 Å². The fraction of sp³-hybridized carbons (Fsp3) is 0.190. The molecule has 3 aromatic rings. The van der Waals surface area contributed by atoms with Crippen LogP contribution in [0.15, 0.2) is 55.0 Å². The molecule has 0 aliphatic heterocycles. The summed E-state index contributed by atoms with van der Waals surface area (Å²) in [6.07, 6.45) is 3.06. The summed E-state index contributed by atoms with van der Waals surface area (Å²) >= 11 is 0. The molecular formula is C21H19F2N3O. The smallest absolute Gasteiger partial charge is 0.265 e. The highest BCUT2D eigenvalue weighted by Gasteiger charge is 2.11. The predicted octanol–water partition coefficient (Wildman–Crippen LogP) is 4.33. The van der Waals surface area contributed by atoms with Gasteiger partial charge in [-0.1, -0.05) is 13.0 Å². The zero-order valence-electron chi connectivity index (χ0n) is 14.8. The number of aryl methyl sites for hydroxylation is 1. The number of alkyl halides is 2. The number of carbonyl (C=O) groups excluding carboxylic acids is 1. The average molecular weight is 367 g/mol. The van der Waals surface area contributed by atoms with Crippen LogP contribution in [0.25, 0.3) is 11.3 Å². The lowest BCUT2D eigenvalue weighted by Gasteiger charge is -2.09. The van der Waals surface area contributed by atoms with Crippen molar-refractivity contribution in [3.63, 3.8) is 0 Å². The van der Waals surface area contributed by atoms with Gasteiger partial charge < -0.3 is 5.73 Å². The number of aromatic nitrogens is 2. The Balaban J connectivity index is 1.90. The molecular weight excluding hydrogens is 348 g/mol. The molecule has 0 aliphatic rings. The summed E-state index contributed by atoms with van der Waals surface area (Å²) in [5, 5.41) is 0. The zero-order chi connectivity index (χ0) is 19.4. The third-order valence-electron chi connectivity index (χ3n) is 4.35. The largest absolute Gasteiger partial charge is 0.366 e. The number of primary amides is 1. The molecule has 2 heterocycles. The fourth-order valence-corrected chi connectivity index (χ4v) is 2.99. The van der Waals surface area contributed by atoms with Crippen LogP contribution in [0.5, 0.6) is 0 Å². The number of carbonyl (C=O) groups is 1. The van der Waals surface area contributed by atoms with E-state index in [9.17, 15) is 13.6 Å². The zero-order valence-corrected chi connectivity index (χ0v) is 14.8. The molecule has 0 atom stereocenters. The second kappa shape index (κ2) is 8.03. The van der Waals surface area contributed by atoms with Crippen molar-refractivity contribution in [3.05, 3.63) is 82.8 Å². The van der Waals surface area contributed by atoms with Gasteiger partial charge in [-0.15, -0.1) is 0 Å². The van der Waals surface area contributed by atoms with Gasteiger partial charge in [-0.2, -0.15) is 0 Å². The van der Waals surface area contributed by atoms with Crippen molar-refractivity contribution in [1.82, 2.24) is 9.97 Å². The number of hydrogen-bond acceptors (Lipinski definition) is 3. The van der Waals surface area contributed by atoms with Crippen LogP contribution in [-0.2, 0) is 12.8 Å². The van der Waals surface area contributed by atoms with Gasteiger partial charge >= 0.3 is 0 Å². The molecule has 6 heteroatoms. The number of benzene rings is 1. The Morgan fingerprint density at radius 3 is 2.63 bits per heavy atom. The first-order valence-electron chi connectivity index (χ1n) is 8.58. The molecule has 0 radical (unpaired) electrons. The van der Waals surface area contributed by atoms with Gasteiger partial charge in [-0.3, -0.25) is 14.8 Å². The van der Waals surface area contributed by atoms with Gasteiger partial charge in [-0.25, -0.2) is 8.78 Å². The van der Waals surface area contributed by atoms with Gasteiger partial charge in [0.15, 0.2) is 0 Å². The second-order valence-corrected chi connectivity index (χ2v) is 6.24. The van der Waals surface area contributed by atoms with E-state index in [0.717, 1.165) is 22.4 Å². The van der Waals surface area contributed by atoms with Gasteiger partial charge in [0.05, 0.1) is 5.69 Å². The van der Waals surface area contributed by atoms with E-state index in [1.165, 1.54) is 12.3 Å². The highest BCUT2D eigenvalue weighted by molar-refractivity contribution is 5.95. The average Bonchev–Trinajstić information content (AvgIpc) is 2.67. The van der Waals surface area contributed by atoms with Crippen LogP contribution in [0.3, 0.4) is 0 Å². The number of rotatable bonds is 6. The minimum Gasteiger partial charge on any atom is -0.366 e. The van der Waals surface area contributed by atoms with Crippen LogP contribution in [0, 0.1) is 0 Å². The van der Waals surface area contributed by atoms with Crippen LogP contribution >= 0.6 is 0 Å². The number of nitrogens with two attached hydrogens (primary N) is 1. The molecule has 138 valence electrons. The maximum Gasteiger partial charge on any atom is 0.265 e. The number of hydrogen-bond donors (Lipinski definition) is 1. The van der Waals surface area contributed by atoms with E-state index < -0.39 is 12.3 Å². The minimum atomic E-state index is -2.54. The lowest BCUT2D eigenvalue weighted by Crippen LogP contribution is -2.13. The summed E-state index contributed by atoms with van der Waals surface area (Å²) in [6, 6.07) is 10.6. The Kier molecular flexibility index (Phi) is 5.54. The van der Waals surface area contributed by atoms with Crippen molar-refractivity contribution < 1.29 is 13.6 Å². The third kappa shape index (κ3) is 4.34. The molecule has 0 saturated carbocycles. The van der Waals surface area contributed by atoms with E-state index in [4.69, 9.17) is 5.73 Å². The SMILES string of the molecule is CCc1cc(-c2cc(Cc3cncc(C(F)F)c3)ccn2)ccc1C(N)=O. The van der Waals surface area contributed by atoms with Crippen LogP contribution in [-0.4, -0.2) is 15.9 Å². The second-order valence-electron chi connectivity index (χ2n) is 6.24. The van der Waals surface area contributed by atoms with Crippen LogP contribution < -0.4 is 5.73 Å². The molecule has 1 aromatic carbocycles. The van der Waals surface area contributed by atoms with E-state index in [0.29, 0.717) is 24.0 Å². The van der Waals surface area contributed by atoms with Crippen molar-refractivity contribution in [3.8, 4) is 11.3 Å². The number of halogens is 2. The van der Waals surface area contributed by atoms with E-state index >= 15 is 0 Å². The molecule has 0 saturated heterocycles. The number of nitrogens with zero attached hydrogens (tertiary/aromatic N) is 2. The van der Waals surface area contributed by atoms with Crippen LogP contribution in [0.4, 0.5) is 8.78 Å². The monoisotopic (exact) mass is 367 g/mol. The van der Waals surface area contributed by atoms with Crippen LogP contribution in [0.1, 0.15) is 46.0 Å². The number of amides is 1. The molecule has 0 bridgehead atoms. The van der Waals surface area contributed by atoms with E-state index in [-0.39, 0.29) is 5.56 Å². The molecule has 0 spiro atoms. The Morgan fingerprint density at radius 2 is 1.93 bits per heavy atom. The van der Waals surface area contributed by atoms with E-state index in [2.05, 4.69) is 9.97 Å². The van der Waals surface area contributed by atoms with E-state index in [1.807, 2.05) is 31.2 Å². The summed E-state index contributed by atoms with van der Waals surface area (Å²) < 4.78 is 25.7. The molecule has 27 heavy (non-hydrogen) atoms. The summed E-state index contributed by atoms with van der Waals surface area (Å²) in [4.78, 5) is 19.8. The van der Waals surface area contributed by atoms with Crippen LogP contribution in [0.2, 0.25) is 0 Å². The summed E-state index contributed by atoms with van der Waals surface area (Å²) in [6.45, 7) is 1.96. The minimum absolute atomic E-state index is 0.0867. The highest BCUT2D eigenvalue weighted by atomic mass is 19.3. The maximum atomic E-state index is 12.8. The topological polar surface area (TPSA) is 68.9 Å². The molecule has 0 fully saturated rings. The molecule has 2 aromatic heterocycles. The first kappa shape index (κ1) is 18.6. The van der Waals surface area contributed by atoms with Gasteiger partial charge in [0.1, 0.15) is 0 Å². The lowest BCUT2D eigenvalue weighted by molar-refractivity contribution is 0.0999. The fourth-order valence-electron chi connectivity index (χ4n) is 2.99. The molecule has 1 amide bonds. The Bertz CT molecular complexity index is 973. The number of pyridine rings is 2.